The molecule has 0 amide bonds. The van der Waals surface area contributed by atoms with Crippen molar-refractivity contribution in [2.75, 3.05) is 0 Å². The van der Waals surface area contributed by atoms with Crippen LogP contribution < -0.4 is 4.74 Å². The van der Waals surface area contributed by atoms with Crippen molar-refractivity contribution in [3.63, 3.8) is 0 Å². The molecule has 31 heavy (non-hydrogen) atoms. The van der Waals surface area contributed by atoms with Crippen molar-refractivity contribution in [2.45, 2.75) is 44.7 Å². The van der Waals surface area contributed by atoms with Gasteiger partial charge in [-0.1, -0.05) is 41.6 Å². The maximum Gasteiger partial charge on any atom is 0.191 e. The number of aryl methyl sites for hydroxylation is 3. The zero-order valence-electron chi connectivity index (χ0n) is 18.4. The van der Waals surface area contributed by atoms with E-state index in [2.05, 4.69) is 66.7 Å². The van der Waals surface area contributed by atoms with Gasteiger partial charge in [-0.25, -0.2) is 4.98 Å². The van der Waals surface area contributed by atoms with Crippen molar-refractivity contribution < 1.29 is 4.74 Å². The van der Waals surface area contributed by atoms with Crippen molar-refractivity contribution in [1.82, 2.24) is 19.7 Å². The van der Waals surface area contributed by atoms with Gasteiger partial charge in [-0.05, 0) is 57.0 Å². The lowest BCUT2D eigenvalue weighted by molar-refractivity contribution is 0.211. The average molecular weight is 451 g/mol. The molecule has 2 heterocycles. The number of hydrogen-bond acceptors (Lipinski definition) is 6. The van der Waals surface area contributed by atoms with E-state index in [4.69, 9.17) is 9.72 Å². The first kappa shape index (κ1) is 21.6. The molecule has 2 aromatic heterocycles. The Hall–Kier alpha value is -2.64. The van der Waals surface area contributed by atoms with Crippen molar-refractivity contribution >= 4 is 23.1 Å². The molecule has 0 aliphatic carbocycles. The fourth-order valence-electron chi connectivity index (χ4n) is 3.49. The molecule has 5 nitrogen and oxygen atoms in total. The number of rotatable bonds is 7. The first-order valence-corrected chi connectivity index (χ1v) is 12.0. The Morgan fingerprint density at radius 1 is 1.03 bits per heavy atom. The molecule has 0 aliphatic heterocycles. The van der Waals surface area contributed by atoms with E-state index in [1.807, 2.05) is 30.7 Å². The molecule has 0 radical (unpaired) electrons. The third-order valence-corrected chi connectivity index (χ3v) is 6.90. The first-order chi connectivity index (χ1) is 14.9. The van der Waals surface area contributed by atoms with Gasteiger partial charge in [0.15, 0.2) is 17.1 Å². The normalized spacial score (nSPS) is 12.2. The maximum absolute atomic E-state index is 6.14. The number of thiazole rings is 1. The number of hydrogen-bond donors (Lipinski definition) is 0. The van der Waals surface area contributed by atoms with Gasteiger partial charge in [0.2, 0.25) is 0 Å². The summed E-state index contributed by atoms with van der Waals surface area (Å²) < 4.78 is 8.14. The van der Waals surface area contributed by atoms with Crippen LogP contribution in [0.25, 0.3) is 10.6 Å². The Labute approximate surface area is 191 Å². The van der Waals surface area contributed by atoms with Crippen LogP contribution in [0.3, 0.4) is 0 Å². The SMILES string of the molecule is Cc1cc(C)cc(OC(C)c2nnc(SCc3csc(-c4cccc(C)c4)n3)n2C)c1. The summed E-state index contributed by atoms with van der Waals surface area (Å²) in [6.45, 7) is 8.25. The van der Waals surface area contributed by atoms with Gasteiger partial charge >= 0.3 is 0 Å². The number of benzene rings is 2. The van der Waals surface area contributed by atoms with Gasteiger partial charge in [0, 0.05) is 23.7 Å². The largest absolute Gasteiger partial charge is 0.483 e. The van der Waals surface area contributed by atoms with Crippen LogP contribution in [0.15, 0.2) is 53.0 Å². The molecule has 0 aliphatic rings. The summed E-state index contributed by atoms with van der Waals surface area (Å²) in [5.74, 6) is 2.41. The predicted molar refractivity (Wildman–Crippen MR) is 128 cm³/mol. The van der Waals surface area contributed by atoms with E-state index < -0.39 is 0 Å². The lowest BCUT2D eigenvalue weighted by atomic mass is 10.1. The highest BCUT2D eigenvalue weighted by atomic mass is 32.2. The highest BCUT2D eigenvalue weighted by Crippen LogP contribution is 2.29. The molecule has 4 rings (SSSR count). The van der Waals surface area contributed by atoms with E-state index in [-0.39, 0.29) is 6.10 Å². The second kappa shape index (κ2) is 9.24. The van der Waals surface area contributed by atoms with Gasteiger partial charge in [-0.2, -0.15) is 0 Å². The highest BCUT2D eigenvalue weighted by Gasteiger charge is 2.18. The fourth-order valence-corrected chi connectivity index (χ4v) is 5.22. The van der Waals surface area contributed by atoms with Gasteiger partial charge in [0.25, 0.3) is 0 Å². The third kappa shape index (κ3) is 5.17. The zero-order chi connectivity index (χ0) is 22.0. The molecule has 0 spiro atoms. The molecule has 1 atom stereocenters. The molecular weight excluding hydrogens is 424 g/mol. The molecular formula is C24H26N4OS2. The summed E-state index contributed by atoms with van der Waals surface area (Å²) in [4.78, 5) is 4.80. The van der Waals surface area contributed by atoms with Crippen LogP contribution in [-0.2, 0) is 12.8 Å². The number of aromatic nitrogens is 4. The Balaban J connectivity index is 1.42. The van der Waals surface area contributed by atoms with Crippen LogP contribution in [0.1, 0.15) is 41.2 Å². The molecule has 4 aromatic rings. The minimum Gasteiger partial charge on any atom is -0.483 e. The van der Waals surface area contributed by atoms with Gasteiger partial charge in [0.1, 0.15) is 10.8 Å². The van der Waals surface area contributed by atoms with Gasteiger partial charge < -0.3 is 9.30 Å². The molecule has 0 saturated carbocycles. The second-order valence-electron chi connectivity index (χ2n) is 7.79. The summed E-state index contributed by atoms with van der Waals surface area (Å²) >= 11 is 3.32. The minimum absolute atomic E-state index is 0.194. The van der Waals surface area contributed by atoms with Crippen LogP contribution in [0.4, 0.5) is 0 Å². The van der Waals surface area contributed by atoms with Crippen molar-refractivity contribution in [1.29, 1.82) is 0 Å². The fraction of sp³-hybridized carbons (Fsp3) is 0.292. The molecule has 7 heteroatoms. The molecule has 0 N–H and O–H groups in total. The van der Waals surface area contributed by atoms with Crippen LogP contribution in [0.5, 0.6) is 5.75 Å². The zero-order valence-corrected chi connectivity index (χ0v) is 20.0. The average Bonchev–Trinajstić information content (AvgIpc) is 3.32. The predicted octanol–water partition coefficient (Wildman–Crippen LogP) is 6.30. The number of thioether (sulfide) groups is 1. The summed E-state index contributed by atoms with van der Waals surface area (Å²) in [5.41, 5.74) is 5.83. The molecule has 1 unspecified atom stereocenters. The van der Waals surface area contributed by atoms with E-state index in [1.54, 1.807) is 23.1 Å². The van der Waals surface area contributed by atoms with Gasteiger partial charge in [-0.3, -0.25) is 0 Å². The summed E-state index contributed by atoms with van der Waals surface area (Å²) in [6, 6.07) is 14.7. The monoisotopic (exact) mass is 450 g/mol. The standard InChI is InChI=1S/C24H26N4OS2/c1-15-7-6-8-19(10-15)23-25-20(13-30-23)14-31-24-27-26-22(28(24)5)18(4)29-21-11-16(2)9-17(3)12-21/h6-13,18H,14H2,1-5H3. The Bertz CT molecular complexity index is 1180. The maximum atomic E-state index is 6.14. The third-order valence-electron chi connectivity index (χ3n) is 4.91. The van der Waals surface area contributed by atoms with Crippen LogP contribution in [0, 0.1) is 20.8 Å². The van der Waals surface area contributed by atoms with Gasteiger partial charge in [-0.15, -0.1) is 21.5 Å². The van der Waals surface area contributed by atoms with Crippen molar-refractivity contribution in [2.24, 2.45) is 7.05 Å². The Kier molecular flexibility index (Phi) is 6.43. The van der Waals surface area contributed by atoms with Crippen LogP contribution in [0.2, 0.25) is 0 Å². The van der Waals surface area contributed by atoms with E-state index in [9.17, 15) is 0 Å². The number of nitrogens with zero attached hydrogens (tertiary/aromatic N) is 4. The summed E-state index contributed by atoms with van der Waals surface area (Å²) in [5, 5.41) is 12.8. The Morgan fingerprint density at radius 2 is 1.81 bits per heavy atom. The topological polar surface area (TPSA) is 52.8 Å². The molecule has 0 bridgehead atoms. The van der Waals surface area contributed by atoms with Crippen LogP contribution in [-0.4, -0.2) is 19.7 Å². The molecule has 160 valence electrons. The smallest absolute Gasteiger partial charge is 0.191 e. The minimum atomic E-state index is -0.194. The van der Waals surface area contributed by atoms with Gasteiger partial charge in [0.05, 0.1) is 5.69 Å². The Morgan fingerprint density at radius 3 is 2.55 bits per heavy atom. The van der Waals surface area contributed by atoms with E-state index in [0.29, 0.717) is 0 Å². The highest BCUT2D eigenvalue weighted by molar-refractivity contribution is 7.98. The summed E-state index contributed by atoms with van der Waals surface area (Å²) in [6.07, 6.45) is -0.194. The van der Waals surface area contributed by atoms with E-state index in [0.717, 1.165) is 33.2 Å². The first-order valence-electron chi connectivity index (χ1n) is 10.2. The lowest BCUT2D eigenvalue weighted by Gasteiger charge is -2.15. The number of ether oxygens (including phenoxy) is 1. The molecule has 0 saturated heterocycles. The molecule has 0 fully saturated rings. The van der Waals surface area contributed by atoms with E-state index >= 15 is 0 Å². The lowest BCUT2D eigenvalue weighted by Crippen LogP contribution is -2.10. The second-order valence-corrected chi connectivity index (χ2v) is 9.59. The summed E-state index contributed by atoms with van der Waals surface area (Å²) in [7, 11) is 1.98. The van der Waals surface area contributed by atoms with E-state index in [1.165, 1.54) is 22.3 Å². The quantitative estimate of drug-likeness (QED) is 0.309. The van der Waals surface area contributed by atoms with Crippen molar-refractivity contribution in [3.05, 3.63) is 76.1 Å². The van der Waals surface area contributed by atoms with Crippen molar-refractivity contribution in [3.8, 4) is 16.3 Å². The molecule has 2 aromatic carbocycles. The van der Waals surface area contributed by atoms with Crippen LogP contribution >= 0.6 is 23.1 Å².